The molecule has 25 heavy (non-hydrogen) atoms. The molecule has 3 aliphatic rings. The van der Waals surface area contributed by atoms with E-state index in [2.05, 4.69) is 27.7 Å². The second-order valence-electron chi connectivity index (χ2n) is 9.82. The van der Waals surface area contributed by atoms with Crippen molar-refractivity contribution in [2.24, 2.45) is 22.7 Å². The van der Waals surface area contributed by atoms with Crippen molar-refractivity contribution in [3.63, 3.8) is 0 Å². The van der Waals surface area contributed by atoms with Crippen molar-refractivity contribution in [3.05, 3.63) is 0 Å². The van der Waals surface area contributed by atoms with Gasteiger partial charge in [-0.3, -0.25) is 4.79 Å². The number of carbonyl (C=O) groups is 1. The van der Waals surface area contributed by atoms with Crippen molar-refractivity contribution >= 4 is 5.97 Å². The van der Waals surface area contributed by atoms with Gasteiger partial charge in [-0.1, -0.05) is 20.8 Å². The largest absolute Gasteiger partial charge is 0.465 e. The summed E-state index contributed by atoms with van der Waals surface area (Å²) in [5.41, 5.74) is -0.783. The smallest absolute Gasteiger partial charge is 0.302 e. The van der Waals surface area contributed by atoms with Crippen LogP contribution in [0.2, 0.25) is 0 Å². The molecule has 1 heterocycles. The lowest BCUT2D eigenvalue weighted by Crippen LogP contribution is -2.65. The Morgan fingerprint density at radius 2 is 1.84 bits per heavy atom. The Bertz CT molecular complexity index is 556. The highest BCUT2D eigenvalue weighted by Gasteiger charge is 2.68. The lowest BCUT2D eigenvalue weighted by atomic mass is 9.44. The summed E-state index contributed by atoms with van der Waals surface area (Å²) >= 11 is 0. The third-order valence-electron chi connectivity index (χ3n) is 7.43. The van der Waals surface area contributed by atoms with Crippen LogP contribution in [0.1, 0.15) is 67.7 Å². The van der Waals surface area contributed by atoms with E-state index in [4.69, 9.17) is 14.2 Å². The van der Waals surface area contributed by atoms with Crippen molar-refractivity contribution in [2.45, 2.75) is 91.3 Å². The number of hydrogen-bond acceptors (Lipinski definition) is 5. The molecule has 1 saturated heterocycles. The topological polar surface area (TPSA) is 65.0 Å². The van der Waals surface area contributed by atoms with Gasteiger partial charge in [0.2, 0.25) is 0 Å². The molecule has 2 saturated carbocycles. The molecule has 0 aromatic carbocycles. The van der Waals surface area contributed by atoms with Gasteiger partial charge in [-0.15, -0.1) is 0 Å². The number of aliphatic hydroxyl groups excluding tert-OH is 1. The van der Waals surface area contributed by atoms with E-state index < -0.39 is 11.4 Å². The van der Waals surface area contributed by atoms with Crippen molar-refractivity contribution < 1.29 is 24.1 Å². The van der Waals surface area contributed by atoms with Gasteiger partial charge in [-0.05, 0) is 56.8 Å². The molecule has 0 unspecified atom stereocenters. The van der Waals surface area contributed by atoms with Crippen LogP contribution in [0.25, 0.3) is 0 Å². The van der Waals surface area contributed by atoms with Crippen LogP contribution in [0.4, 0.5) is 0 Å². The van der Waals surface area contributed by atoms with Gasteiger partial charge in [0.1, 0.15) is 5.60 Å². The number of carbonyl (C=O) groups excluding carboxylic acids is 1. The van der Waals surface area contributed by atoms with Gasteiger partial charge in [-0.25, -0.2) is 0 Å². The zero-order valence-corrected chi connectivity index (χ0v) is 16.7. The Morgan fingerprint density at radius 3 is 2.44 bits per heavy atom. The third-order valence-corrected chi connectivity index (χ3v) is 7.43. The summed E-state index contributed by atoms with van der Waals surface area (Å²) in [6, 6.07) is 0. The molecule has 0 amide bonds. The molecule has 0 spiro atoms. The molecule has 3 rings (SSSR count). The summed E-state index contributed by atoms with van der Waals surface area (Å²) < 4.78 is 18.2. The number of esters is 1. The Labute approximate surface area is 151 Å². The van der Waals surface area contributed by atoms with E-state index in [-0.39, 0.29) is 40.8 Å². The maximum absolute atomic E-state index is 11.5. The monoisotopic (exact) mass is 354 g/mol. The lowest BCUT2D eigenvalue weighted by molar-refractivity contribution is -0.224. The summed E-state index contributed by atoms with van der Waals surface area (Å²) in [5, 5.41) is 10.6. The number of fused-ring (bicyclic) bond motifs is 2. The zero-order valence-electron chi connectivity index (χ0n) is 16.7. The number of rotatable bonds is 2. The maximum atomic E-state index is 11.5. The molecule has 1 N–H and O–H groups in total. The predicted octanol–water partition coefficient (Wildman–Crippen LogP) is 3.28. The minimum atomic E-state index is -0.652. The van der Waals surface area contributed by atoms with E-state index in [1.54, 1.807) is 0 Å². The zero-order chi connectivity index (χ0) is 18.8. The molecule has 1 aliphatic heterocycles. The Balaban J connectivity index is 2.04. The first-order valence-electron chi connectivity index (χ1n) is 9.52. The number of ether oxygens (including phenoxy) is 3. The third kappa shape index (κ3) is 2.83. The van der Waals surface area contributed by atoms with E-state index in [1.807, 2.05) is 13.8 Å². The molecule has 5 nitrogen and oxygen atoms in total. The Kier molecular flexibility index (Phi) is 4.34. The van der Waals surface area contributed by atoms with Gasteiger partial charge in [-0.2, -0.15) is 0 Å². The van der Waals surface area contributed by atoms with Crippen LogP contribution >= 0.6 is 0 Å². The van der Waals surface area contributed by atoms with E-state index >= 15 is 0 Å². The first-order chi connectivity index (χ1) is 11.3. The molecular weight excluding hydrogens is 320 g/mol. The fraction of sp³-hybridized carbons (Fsp3) is 0.950. The molecule has 3 fully saturated rings. The fourth-order valence-electron chi connectivity index (χ4n) is 6.15. The van der Waals surface area contributed by atoms with Crippen molar-refractivity contribution in [1.82, 2.24) is 0 Å². The maximum Gasteiger partial charge on any atom is 0.302 e. The van der Waals surface area contributed by atoms with Crippen LogP contribution in [0.3, 0.4) is 0 Å². The van der Waals surface area contributed by atoms with Crippen LogP contribution in [-0.4, -0.2) is 41.3 Å². The Hall–Kier alpha value is -0.650. The highest BCUT2D eigenvalue weighted by Crippen LogP contribution is 2.65. The van der Waals surface area contributed by atoms with Gasteiger partial charge < -0.3 is 19.3 Å². The van der Waals surface area contributed by atoms with Crippen LogP contribution in [0, 0.1) is 22.7 Å². The highest BCUT2D eigenvalue weighted by atomic mass is 16.8. The molecule has 0 aromatic heterocycles. The molecule has 144 valence electrons. The second kappa shape index (κ2) is 5.67. The van der Waals surface area contributed by atoms with Crippen LogP contribution < -0.4 is 0 Å². The molecule has 0 bridgehead atoms. The minimum Gasteiger partial charge on any atom is -0.465 e. The first-order valence-corrected chi connectivity index (χ1v) is 9.52. The van der Waals surface area contributed by atoms with E-state index in [1.165, 1.54) is 6.92 Å². The van der Waals surface area contributed by atoms with Crippen LogP contribution in [-0.2, 0) is 19.0 Å². The van der Waals surface area contributed by atoms with Crippen LogP contribution in [0.15, 0.2) is 0 Å². The summed E-state index contributed by atoms with van der Waals surface area (Å²) in [5.74, 6) is -0.610. The van der Waals surface area contributed by atoms with Crippen LogP contribution in [0.5, 0.6) is 0 Å². The van der Waals surface area contributed by atoms with Crippen molar-refractivity contribution in [1.29, 1.82) is 0 Å². The standard InChI is InChI=1S/C20H34O5/c1-12(21)23-11-14-19(6)9-8-15(22)17(2,3)13(19)10-16-20(14,7)25-18(4,5)24-16/h13-16,22H,8-11H2,1-7H3/t13-,14+,15-,16+,19-,20-/m0/s1. The first kappa shape index (κ1) is 19.1. The summed E-state index contributed by atoms with van der Waals surface area (Å²) in [7, 11) is 0. The SMILES string of the molecule is CC(=O)OC[C@@H]1[C@@]2(C)CC[C@H](O)C(C)(C)[C@@H]2C[C@H]2OC(C)(C)O[C@@]12C. The average Bonchev–Trinajstić information content (AvgIpc) is 2.69. The van der Waals surface area contributed by atoms with E-state index in [0.717, 1.165) is 19.3 Å². The molecule has 5 heteroatoms. The van der Waals surface area contributed by atoms with Gasteiger partial charge >= 0.3 is 5.97 Å². The van der Waals surface area contributed by atoms with Crippen molar-refractivity contribution in [3.8, 4) is 0 Å². The van der Waals surface area contributed by atoms with Crippen molar-refractivity contribution in [2.75, 3.05) is 6.61 Å². The summed E-state index contributed by atoms with van der Waals surface area (Å²) in [6.07, 6.45) is 2.14. The van der Waals surface area contributed by atoms with Gasteiger partial charge in [0.05, 0.1) is 18.8 Å². The quantitative estimate of drug-likeness (QED) is 0.771. The molecule has 6 atom stereocenters. The minimum absolute atomic E-state index is 0.0289. The summed E-state index contributed by atoms with van der Waals surface area (Å²) in [4.78, 5) is 11.5. The Morgan fingerprint density at radius 1 is 1.20 bits per heavy atom. The average molecular weight is 354 g/mol. The molecular formula is C20H34O5. The van der Waals surface area contributed by atoms with Gasteiger partial charge in [0.25, 0.3) is 0 Å². The van der Waals surface area contributed by atoms with Gasteiger partial charge in [0, 0.05) is 12.8 Å². The molecule has 0 radical (unpaired) electrons. The lowest BCUT2D eigenvalue weighted by Gasteiger charge is -2.63. The normalized spacial score (nSPS) is 47.7. The summed E-state index contributed by atoms with van der Waals surface area (Å²) in [6.45, 7) is 14.4. The molecule has 0 aromatic rings. The van der Waals surface area contributed by atoms with E-state index in [9.17, 15) is 9.90 Å². The molecule has 2 aliphatic carbocycles. The number of hydrogen-bond donors (Lipinski definition) is 1. The predicted molar refractivity (Wildman–Crippen MR) is 93.8 cm³/mol. The second-order valence-corrected chi connectivity index (χ2v) is 9.82. The van der Waals surface area contributed by atoms with Gasteiger partial charge in [0.15, 0.2) is 5.79 Å². The van der Waals surface area contributed by atoms with E-state index in [0.29, 0.717) is 6.61 Å². The highest BCUT2D eigenvalue weighted by molar-refractivity contribution is 5.65. The number of aliphatic hydroxyl groups is 1. The fourth-order valence-corrected chi connectivity index (χ4v) is 6.15.